The van der Waals surface area contributed by atoms with E-state index in [1.807, 2.05) is 12.1 Å². The van der Waals surface area contributed by atoms with Crippen LogP contribution < -0.4 is 14.2 Å². The largest absolute Gasteiger partial charge is 0.496 e. The maximum atomic E-state index is 13.6. The van der Waals surface area contributed by atoms with E-state index in [1.165, 1.54) is 30.6 Å². The first-order valence-electron chi connectivity index (χ1n) is 11.5. The Morgan fingerprint density at radius 1 is 0.946 bits per heavy atom. The number of carbonyl (C=O) groups excluding carboxylic acids is 1. The molecule has 1 aromatic heterocycles. The summed E-state index contributed by atoms with van der Waals surface area (Å²) in [5.41, 5.74) is 2.63. The molecule has 0 unspecified atom stereocenters. The predicted octanol–water partition coefficient (Wildman–Crippen LogP) is 5.21. The Bertz CT molecular complexity index is 1340. The molecule has 0 radical (unpaired) electrons. The van der Waals surface area contributed by atoms with Gasteiger partial charge in [0, 0.05) is 18.5 Å². The molecular formula is C28H27FN2O5S. The van der Waals surface area contributed by atoms with Gasteiger partial charge in [-0.05, 0) is 47.5 Å². The summed E-state index contributed by atoms with van der Waals surface area (Å²) in [7, 11) is 3.08. The molecule has 1 amide bonds. The Labute approximate surface area is 218 Å². The van der Waals surface area contributed by atoms with E-state index in [0.29, 0.717) is 28.5 Å². The third-order valence-electron chi connectivity index (χ3n) is 5.63. The van der Waals surface area contributed by atoms with E-state index in [1.54, 1.807) is 59.9 Å². The summed E-state index contributed by atoms with van der Waals surface area (Å²) in [6, 6.07) is 18.6. The Hall–Kier alpha value is -3.95. The number of amides is 1. The number of halogens is 1. The van der Waals surface area contributed by atoms with Crippen LogP contribution in [0.3, 0.4) is 0 Å². The first kappa shape index (κ1) is 26.1. The number of aromatic nitrogens is 1. The summed E-state index contributed by atoms with van der Waals surface area (Å²) in [6.07, 6.45) is 0. The molecule has 9 heteroatoms. The molecule has 0 fully saturated rings. The molecule has 0 saturated carbocycles. The molecule has 0 saturated heterocycles. The van der Waals surface area contributed by atoms with Crippen LogP contribution in [0.25, 0.3) is 0 Å². The molecule has 1 N–H and O–H groups in total. The highest BCUT2D eigenvalue weighted by molar-refractivity contribution is 7.09. The second kappa shape index (κ2) is 12.3. The number of hydrogen-bond donors (Lipinski definition) is 1. The maximum Gasteiger partial charge on any atom is 0.258 e. The minimum atomic E-state index is -0.338. The van der Waals surface area contributed by atoms with E-state index in [9.17, 15) is 14.3 Å². The zero-order valence-electron chi connectivity index (χ0n) is 20.5. The number of nitrogens with zero attached hydrogens (tertiary/aromatic N) is 2. The van der Waals surface area contributed by atoms with Gasteiger partial charge in [-0.1, -0.05) is 30.3 Å². The molecule has 4 rings (SSSR count). The van der Waals surface area contributed by atoms with Crippen molar-refractivity contribution in [3.8, 4) is 17.2 Å². The van der Waals surface area contributed by atoms with Crippen LogP contribution in [0.5, 0.6) is 17.2 Å². The van der Waals surface area contributed by atoms with E-state index in [-0.39, 0.29) is 38.0 Å². The van der Waals surface area contributed by atoms with E-state index < -0.39 is 0 Å². The molecule has 0 atom stereocenters. The van der Waals surface area contributed by atoms with Gasteiger partial charge in [0.2, 0.25) is 0 Å². The zero-order chi connectivity index (χ0) is 26.2. The molecular weight excluding hydrogens is 495 g/mol. The number of para-hydroxylation sites is 1. The van der Waals surface area contributed by atoms with Crippen molar-refractivity contribution in [2.75, 3.05) is 14.2 Å². The standard InChI is InChI=1S/C28H27FN2O5S/c1-34-24-6-4-3-5-23(24)28(33)31(14-19-7-10-21(29)11-8-19)15-20-9-12-25(35-2)26(13-20)36-17-27-30-22(16-32)18-37-27/h3-13,18,32H,14-17H2,1-2H3. The molecule has 3 aromatic carbocycles. The molecule has 0 aliphatic rings. The Kier molecular flexibility index (Phi) is 8.71. The topological polar surface area (TPSA) is 81.1 Å². The minimum Gasteiger partial charge on any atom is -0.496 e. The van der Waals surface area contributed by atoms with Gasteiger partial charge in [0.1, 0.15) is 23.2 Å². The normalized spacial score (nSPS) is 10.7. The number of methoxy groups -OCH3 is 2. The Morgan fingerprint density at radius 2 is 1.65 bits per heavy atom. The van der Waals surface area contributed by atoms with Crippen LogP contribution in [0.2, 0.25) is 0 Å². The summed E-state index contributed by atoms with van der Waals surface area (Å²) in [5.74, 6) is 0.964. The van der Waals surface area contributed by atoms with Crippen molar-refractivity contribution in [3.63, 3.8) is 0 Å². The van der Waals surface area contributed by atoms with Crippen molar-refractivity contribution in [1.29, 1.82) is 0 Å². The molecule has 4 aromatic rings. The molecule has 0 spiro atoms. The van der Waals surface area contributed by atoms with Gasteiger partial charge < -0.3 is 24.2 Å². The number of thiazole rings is 1. The van der Waals surface area contributed by atoms with Gasteiger partial charge in [0.05, 0.1) is 32.1 Å². The summed E-state index contributed by atoms with van der Waals surface area (Å²) in [4.78, 5) is 19.6. The number of hydrogen-bond acceptors (Lipinski definition) is 7. The van der Waals surface area contributed by atoms with Gasteiger partial charge in [-0.25, -0.2) is 9.37 Å². The van der Waals surface area contributed by atoms with E-state index in [0.717, 1.165) is 16.1 Å². The smallest absolute Gasteiger partial charge is 0.258 e. The van der Waals surface area contributed by atoms with Crippen LogP contribution in [0, 0.1) is 5.82 Å². The first-order valence-corrected chi connectivity index (χ1v) is 12.4. The Morgan fingerprint density at radius 3 is 2.35 bits per heavy atom. The fraction of sp³-hybridized carbons (Fsp3) is 0.214. The molecule has 7 nitrogen and oxygen atoms in total. The number of aliphatic hydroxyl groups excluding tert-OH is 1. The van der Waals surface area contributed by atoms with Crippen molar-refractivity contribution in [2.45, 2.75) is 26.3 Å². The highest BCUT2D eigenvalue weighted by Crippen LogP contribution is 2.30. The van der Waals surface area contributed by atoms with Crippen LogP contribution in [-0.2, 0) is 26.3 Å². The van der Waals surface area contributed by atoms with Gasteiger partial charge in [-0.15, -0.1) is 11.3 Å². The molecule has 0 bridgehead atoms. The third kappa shape index (κ3) is 6.63. The van der Waals surface area contributed by atoms with Gasteiger partial charge in [0.25, 0.3) is 5.91 Å². The maximum absolute atomic E-state index is 13.6. The molecule has 0 aliphatic heterocycles. The molecule has 1 heterocycles. The quantitative estimate of drug-likeness (QED) is 0.291. The third-order valence-corrected chi connectivity index (χ3v) is 6.50. The van der Waals surface area contributed by atoms with Crippen LogP contribution in [-0.4, -0.2) is 35.1 Å². The van der Waals surface area contributed by atoms with Crippen LogP contribution in [0.15, 0.2) is 72.1 Å². The summed E-state index contributed by atoms with van der Waals surface area (Å²) in [6.45, 7) is 0.617. The fourth-order valence-corrected chi connectivity index (χ4v) is 4.48. The summed E-state index contributed by atoms with van der Waals surface area (Å²) < 4.78 is 30.3. The average Bonchev–Trinajstić information content (AvgIpc) is 3.40. The van der Waals surface area contributed by atoms with Crippen molar-refractivity contribution < 1.29 is 28.5 Å². The number of ether oxygens (including phenoxy) is 3. The number of rotatable bonds is 11. The van der Waals surface area contributed by atoms with Crippen LogP contribution >= 0.6 is 11.3 Å². The second-order valence-corrected chi connectivity index (χ2v) is 9.10. The molecule has 0 aliphatic carbocycles. The van der Waals surface area contributed by atoms with Crippen molar-refractivity contribution in [2.24, 2.45) is 0 Å². The van der Waals surface area contributed by atoms with Crippen LogP contribution in [0.1, 0.15) is 32.2 Å². The molecule has 37 heavy (non-hydrogen) atoms. The fourth-order valence-electron chi connectivity index (χ4n) is 3.78. The van der Waals surface area contributed by atoms with E-state index in [2.05, 4.69) is 4.98 Å². The van der Waals surface area contributed by atoms with Crippen LogP contribution in [0.4, 0.5) is 4.39 Å². The summed E-state index contributed by atoms with van der Waals surface area (Å²) >= 11 is 1.40. The predicted molar refractivity (Wildman–Crippen MR) is 138 cm³/mol. The highest BCUT2D eigenvalue weighted by Gasteiger charge is 2.21. The Balaban J connectivity index is 1.60. The lowest BCUT2D eigenvalue weighted by atomic mass is 10.1. The first-order chi connectivity index (χ1) is 18.0. The lowest BCUT2D eigenvalue weighted by Gasteiger charge is -2.24. The van der Waals surface area contributed by atoms with E-state index in [4.69, 9.17) is 14.2 Å². The second-order valence-electron chi connectivity index (χ2n) is 8.15. The van der Waals surface area contributed by atoms with Crippen molar-refractivity contribution >= 4 is 17.2 Å². The minimum absolute atomic E-state index is 0.126. The monoisotopic (exact) mass is 522 g/mol. The lowest BCUT2D eigenvalue weighted by molar-refractivity contribution is 0.0726. The SMILES string of the molecule is COc1ccc(CN(Cc2ccc(F)cc2)C(=O)c2ccccc2OC)cc1OCc1nc(CO)cs1. The lowest BCUT2D eigenvalue weighted by Crippen LogP contribution is -2.30. The van der Waals surface area contributed by atoms with Gasteiger partial charge >= 0.3 is 0 Å². The molecule has 192 valence electrons. The van der Waals surface area contributed by atoms with Crippen molar-refractivity contribution in [3.05, 3.63) is 105 Å². The van der Waals surface area contributed by atoms with Gasteiger partial charge in [-0.3, -0.25) is 4.79 Å². The highest BCUT2D eigenvalue weighted by atomic mass is 32.1. The van der Waals surface area contributed by atoms with E-state index >= 15 is 0 Å². The number of aliphatic hydroxyl groups is 1. The summed E-state index contributed by atoms with van der Waals surface area (Å²) in [5, 5.41) is 11.7. The number of benzene rings is 3. The van der Waals surface area contributed by atoms with Gasteiger partial charge in [-0.2, -0.15) is 0 Å². The van der Waals surface area contributed by atoms with Crippen molar-refractivity contribution in [1.82, 2.24) is 9.88 Å². The zero-order valence-corrected chi connectivity index (χ0v) is 21.3. The number of carbonyl (C=O) groups is 1. The van der Waals surface area contributed by atoms with Gasteiger partial charge in [0.15, 0.2) is 11.5 Å². The average molecular weight is 523 g/mol.